The van der Waals surface area contributed by atoms with Crippen molar-refractivity contribution >= 4 is 23.4 Å². The molecule has 0 bridgehead atoms. The van der Waals surface area contributed by atoms with E-state index in [2.05, 4.69) is 5.32 Å². The molecule has 3 amide bonds. The first-order valence-corrected chi connectivity index (χ1v) is 5.59. The van der Waals surface area contributed by atoms with Gasteiger partial charge in [-0.1, -0.05) is 0 Å². The van der Waals surface area contributed by atoms with Crippen LogP contribution in [-0.2, 0) is 16.1 Å². The van der Waals surface area contributed by atoms with Gasteiger partial charge >= 0.3 is 0 Å². The Bertz CT molecular complexity index is 504. The van der Waals surface area contributed by atoms with Gasteiger partial charge in [-0.3, -0.25) is 19.7 Å². The summed E-state index contributed by atoms with van der Waals surface area (Å²) < 4.78 is 1.69. The van der Waals surface area contributed by atoms with Crippen LogP contribution in [-0.4, -0.2) is 40.3 Å². The molecule has 1 aromatic rings. The van der Waals surface area contributed by atoms with E-state index in [0.717, 1.165) is 0 Å². The van der Waals surface area contributed by atoms with Crippen molar-refractivity contribution in [3.63, 3.8) is 0 Å². The summed E-state index contributed by atoms with van der Waals surface area (Å²) in [5, 5.41) is 2.15. The van der Waals surface area contributed by atoms with Crippen LogP contribution in [0, 0.1) is 0 Å². The first kappa shape index (κ1) is 12.2. The van der Waals surface area contributed by atoms with Gasteiger partial charge < -0.3 is 15.2 Å². The zero-order valence-corrected chi connectivity index (χ0v) is 9.97. The molecule has 7 heteroatoms. The topological polar surface area (TPSA) is 97.4 Å². The van der Waals surface area contributed by atoms with E-state index in [1.165, 1.54) is 4.90 Å². The second-order valence-electron chi connectivity index (χ2n) is 4.08. The first-order chi connectivity index (χ1) is 8.51. The smallest absolute Gasteiger partial charge is 0.271 e. The first-order valence-electron chi connectivity index (χ1n) is 5.59. The highest BCUT2D eigenvalue weighted by molar-refractivity contribution is 6.05. The molecule has 1 fully saturated rings. The summed E-state index contributed by atoms with van der Waals surface area (Å²) in [7, 11) is 0. The van der Waals surface area contributed by atoms with Crippen molar-refractivity contribution < 1.29 is 14.4 Å². The molecule has 1 aliphatic rings. The number of hydrogen-bond acceptors (Lipinski definition) is 4. The van der Waals surface area contributed by atoms with E-state index in [-0.39, 0.29) is 19.0 Å². The molecule has 0 spiro atoms. The highest BCUT2D eigenvalue weighted by Crippen LogP contribution is 2.13. The minimum absolute atomic E-state index is 0.112. The third kappa shape index (κ3) is 2.20. The average Bonchev–Trinajstić information content (AvgIpc) is 2.68. The van der Waals surface area contributed by atoms with Gasteiger partial charge in [0.25, 0.3) is 5.91 Å². The van der Waals surface area contributed by atoms with Crippen LogP contribution in [0.5, 0.6) is 0 Å². The number of anilines is 1. The van der Waals surface area contributed by atoms with Crippen molar-refractivity contribution in [2.75, 3.05) is 18.8 Å². The molecule has 3 N–H and O–H groups in total. The van der Waals surface area contributed by atoms with Crippen LogP contribution >= 0.6 is 0 Å². The molecule has 0 radical (unpaired) electrons. The third-order valence-corrected chi connectivity index (χ3v) is 2.71. The van der Waals surface area contributed by atoms with Crippen LogP contribution in [0.4, 0.5) is 5.69 Å². The summed E-state index contributed by atoms with van der Waals surface area (Å²) in [6.07, 6.45) is 1.65. The fourth-order valence-corrected chi connectivity index (χ4v) is 1.92. The van der Waals surface area contributed by atoms with E-state index < -0.39 is 11.8 Å². The zero-order valence-electron chi connectivity index (χ0n) is 9.97. The molecule has 2 heterocycles. The van der Waals surface area contributed by atoms with E-state index in [1.807, 2.05) is 6.92 Å². The van der Waals surface area contributed by atoms with Crippen LogP contribution in [0.25, 0.3) is 0 Å². The number of rotatable bonds is 2. The standard InChI is InChI=1S/C11H14N4O3/c1-2-14-4-7(12)3-8(14)11(18)15-5-9(16)13-10(17)6-15/h3-4H,2,5-6,12H2,1H3,(H,13,16,17). The number of nitrogen functional groups attached to an aromatic ring is 1. The van der Waals surface area contributed by atoms with Gasteiger partial charge in [0.2, 0.25) is 11.8 Å². The van der Waals surface area contributed by atoms with Crippen molar-refractivity contribution in [2.24, 2.45) is 0 Å². The van der Waals surface area contributed by atoms with Crippen LogP contribution < -0.4 is 11.1 Å². The van der Waals surface area contributed by atoms with Crippen LogP contribution in [0.15, 0.2) is 12.3 Å². The number of piperazine rings is 1. The maximum absolute atomic E-state index is 12.2. The number of hydrogen-bond donors (Lipinski definition) is 2. The van der Waals surface area contributed by atoms with Gasteiger partial charge in [0.05, 0.1) is 5.69 Å². The Kier molecular flexibility index (Phi) is 3.05. The number of nitrogens with zero attached hydrogens (tertiary/aromatic N) is 2. The Hall–Kier alpha value is -2.31. The molecule has 1 aromatic heterocycles. The second-order valence-corrected chi connectivity index (χ2v) is 4.08. The highest BCUT2D eigenvalue weighted by atomic mass is 16.2. The lowest BCUT2D eigenvalue weighted by Gasteiger charge is -2.25. The molecule has 2 rings (SSSR count). The number of carbonyl (C=O) groups is 3. The maximum Gasteiger partial charge on any atom is 0.271 e. The predicted octanol–water partition coefficient (Wildman–Crippen LogP) is -0.811. The molecule has 1 aliphatic heterocycles. The molecule has 1 saturated heterocycles. The number of amides is 3. The monoisotopic (exact) mass is 250 g/mol. The fourth-order valence-electron chi connectivity index (χ4n) is 1.92. The summed E-state index contributed by atoms with van der Waals surface area (Å²) in [6.45, 7) is 2.25. The van der Waals surface area contributed by atoms with Crippen molar-refractivity contribution in [2.45, 2.75) is 13.5 Å². The Labute approximate surface area is 104 Å². The van der Waals surface area contributed by atoms with Crippen molar-refractivity contribution in [3.8, 4) is 0 Å². The number of nitrogens with two attached hydrogens (primary N) is 1. The number of aromatic nitrogens is 1. The second kappa shape index (κ2) is 4.52. The van der Waals surface area contributed by atoms with Crippen LogP contribution in [0.2, 0.25) is 0 Å². The lowest BCUT2D eigenvalue weighted by atomic mass is 10.3. The molecule has 0 atom stereocenters. The van der Waals surface area contributed by atoms with Crippen LogP contribution in [0.3, 0.4) is 0 Å². The van der Waals surface area contributed by atoms with Crippen LogP contribution in [0.1, 0.15) is 17.4 Å². The summed E-state index contributed by atoms with van der Waals surface area (Å²) >= 11 is 0. The minimum atomic E-state index is -0.470. The average molecular weight is 250 g/mol. The SMILES string of the molecule is CCn1cc(N)cc1C(=O)N1CC(=O)NC(=O)C1. The Morgan fingerprint density at radius 1 is 1.39 bits per heavy atom. The van der Waals surface area contributed by atoms with Gasteiger partial charge in [0.15, 0.2) is 0 Å². The molecule has 0 aromatic carbocycles. The Morgan fingerprint density at radius 3 is 2.56 bits per heavy atom. The fraction of sp³-hybridized carbons (Fsp3) is 0.364. The molecular weight excluding hydrogens is 236 g/mol. The zero-order chi connectivity index (χ0) is 13.3. The minimum Gasteiger partial charge on any atom is -0.397 e. The van der Waals surface area contributed by atoms with E-state index in [9.17, 15) is 14.4 Å². The summed E-state index contributed by atoms with van der Waals surface area (Å²) in [6, 6.07) is 1.54. The molecular formula is C11H14N4O3. The van der Waals surface area contributed by atoms with Gasteiger partial charge in [-0.2, -0.15) is 0 Å². The lowest BCUT2D eigenvalue weighted by Crippen LogP contribution is -2.53. The quantitative estimate of drug-likeness (QED) is 0.671. The largest absolute Gasteiger partial charge is 0.397 e. The van der Waals surface area contributed by atoms with Gasteiger partial charge in [-0.05, 0) is 13.0 Å². The van der Waals surface area contributed by atoms with E-state index in [4.69, 9.17) is 5.73 Å². The molecule has 96 valence electrons. The normalized spacial score (nSPS) is 15.7. The van der Waals surface area contributed by atoms with E-state index in [0.29, 0.717) is 17.9 Å². The van der Waals surface area contributed by atoms with Gasteiger partial charge in [0.1, 0.15) is 18.8 Å². The van der Waals surface area contributed by atoms with Crippen molar-refractivity contribution in [1.82, 2.24) is 14.8 Å². The molecule has 18 heavy (non-hydrogen) atoms. The highest BCUT2D eigenvalue weighted by Gasteiger charge is 2.28. The number of nitrogens with one attached hydrogen (secondary N) is 1. The predicted molar refractivity (Wildman–Crippen MR) is 63.6 cm³/mol. The third-order valence-electron chi connectivity index (χ3n) is 2.71. The lowest BCUT2D eigenvalue weighted by molar-refractivity contribution is -0.135. The summed E-state index contributed by atoms with van der Waals surface area (Å²) in [5.74, 6) is -1.30. The number of aryl methyl sites for hydroxylation is 1. The van der Waals surface area contributed by atoms with E-state index in [1.54, 1.807) is 16.8 Å². The summed E-state index contributed by atoms with van der Waals surface area (Å²) in [4.78, 5) is 35.9. The van der Waals surface area contributed by atoms with Gasteiger partial charge in [-0.25, -0.2) is 0 Å². The molecule has 7 nitrogen and oxygen atoms in total. The molecule has 0 saturated carbocycles. The molecule has 0 aliphatic carbocycles. The van der Waals surface area contributed by atoms with E-state index >= 15 is 0 Å². The Balaban J connectivity index is 2.25. The number of carbonyl (C=O) groups excluding carboxylic acids is 3. The maximum atomic E-state index is 12.2. The van der Waals surface area contributed by atoms with Crippen molar-refractivity contribution in [3.05, 3.63) is 18.0 Å². The summed E-state index contributed by atoms with van der Waals surface area (Å²) in [5.41, 5.74) is 6.51. The van der Waals surface area contributed by atoms with Gasteiger partial charge in [0, 0.05) is 12.7 Å². The molecule has 0 unspecified atom stereocenters. The Morgan fingerprint density at radius 2 is 2.00 bits per heavy atom. The van der Waals surface area contributed by atoms with Crippen molar-refractivity contribution in [1.29, 1.82) is 0 Å². The van der Waals surface area contributed by atoms with Gasteiger partial charge in [-0.15, -0.1) is 0 Å². The number of imide groups is 1.